The van der Waals surface area contributed by atoms with Crippen molar-refractivity contribution in [2.24, 2.45) is 0 Å². The zero-order valence-corrected chi connectivity index (χ0v) is 14.0. The maximum atomic E-state index is 11.3. The number of thioether (sulfide) groups is 1. The van der Waals surface area contributed by atoms with Crippen LogP contribution in [0.1, 0.15) is 6.92 Å². The number of alkyl carbamates (subject to hydrolysis) is 1. The standard InChI is InChI=1S/C14H23N2O5S/c1-11(2)13(18)20-7-6-15-14(19)21-8-10-22-9-5-12(17)16(3)4/h5H,1,6-10H2,2-4H3,(H,15,19). The van der Waals surface area contributed by atoms with Crippen molar-refractivity contribution in [3.8, 4) is 0 Å². The second-order valence-electron chi connectivity index (χ2n) is 4.49. The van der Waals surface area contributed by atoms with E-state index in [1.54, 1.807) is 27.4 Å². The van der Waals surface area contributed by atoms with Crippen LogP contribution in [0.5, 0.6) is 0 Å². The quantitative estimate of drug-likeness (QED) is 0.363. The number of hydrogen-bond donors (Lipinski definition) is 1. The first-order valence-corrected chi connectivity index (χ1v) is 7.85. The number of amides is 2. The second kappa shape index (κ2) is 11.9. The van der Waals surface area contributed by atoms with Crippen LogP contribution < -0.4 is 5.32 Å². The van der Waals surface area contributed by atoms with E-state index >= 15 is 0 Å². The highest BCUT2D eigenvalue weighted by Crippen LogP contribution is 2.02. The second-order valence-corrected chi connectivity index (χ2v) is 5.64. The van der Waals surface area contributed by atoms with E-state index < -0.39 is 12.1 Å². The highest BCUT2D eigenvalue weighted by atomic mass is 32.2. The summed E-state index contributed by atoms with van der Waals surface area (Å²) in [5.74, 6) is 0.624. The third-order valence-corrected chi connectivity index (χ3v) is 3.09. The van der Waals surface area contributed by atoms with Crippen LogP contribution in [0.15, 0.2) is 12.2 Å². The summed E-state index contributed by atoms with van der Waals surface area (Å²) in [6.07, 6.45) is 1.00. The predicted molar refractivity (Wildman–Crippen MR) is 85.4 cm³/mol. The van der Waals surface area contributed by atoms with Gasteiger partial charge in [0.1, 0.15) is 13.2 Å². The molecule has 0 atom stereocenters. The molecule has 0 aromatic rings. The van der Waals surface area contributed by atoms with E-state index in [0.29, 0.717) is 17.1 Å². The fourth-order valence-electron chi connectivity index (χ4n) is 1.06. The average molecular weight is 331 g/mol. The van der Waals surface area contributed by atoms with Gasteiger partial charge in [0, 0.05) is 31.2 Å². The molecule has 0 fully saturated rings. The largest absolute Gasteiger partial charge is 0.460 e. The summed E-state index contributed by atoms with van der Waals surface area (Å²) in [5, 5.41) is 2.46. The van der Waals surface area contributed by atoms with Crippen molar-refractivity contribution in [2.45, 2.75) is 6.92 Å². The van der Waals surface area contributed by atoms with Crippen molar-refractivity contribution in [1.82, 2.24) is 10.2 Å². The molecule has 8 heteroatoms. The van der Waals surface area contributed by atoms with Gasteiger partial charge < -0.3 is 19.7 Å². The molecule has 0 aliphatic rings. The molecule has 125 valence electrons. The molecule has 0 aliphatic heterocycles. The maximum absolute atomic E-state index is 11.3. The van der Waals surface area contributed by atoms with Crippen molar-refractivity contribution in [1.29, 1.82) is 0 Å². The smallest absolute Gasteiger partial charge is 0.407 e. The molecule has 1 radical (unpaired) electrons. The van der Waals surface area contributed by atoms with E-state index in [0.717, 1.165) is 0 Å². The van der Waals surface area contributed by atoms with E-state index in [-0.39, 0.29) is 25.7 Å². The van der Waals surface area contributed by atoms with E-state index in [2.05, 4.69) is 11.9 Å². The Morgan fingerprint density at radius 1 is 1.23 bits per heavy atom. The Hall–Kier alpha value is -1.70. The summed E-state index contributed by atoms with van der Waals surface area (Å²) >= 11 is 1.49. The van der Waals surface area contributed by atoms with Gasteiger partial charge in [0.05, 0.1) is 13.0 Å². The van der Waals surface area contributed by atoms with Gasteiger partial charge in [-0.05, 0) is 6.92 Å². The topological polar surface area (TPSA) is 84.9 Å². The first-order chi connectivity index (χ1) is 10.3. The van der Waals surface area contributed by atoms with Crippen molar-refractivity contribution >= 4 is 29.7 Å². The summed E-state index contributed by atoms with van der Waals surface area (Å²) in [5.41, 5.74) is 0.309. The van der Waals surface area contributed by atoms with Crippen molar-refractivity contribution < 1.29 is 23.9 Å². The zero-order valence-electron chi connectivity index (χ0n) is 13.2. The fraction of sp³-hybridized carbons (Fsp3) is 0.571. The van der Waals surface area contributed by atoms with Gasteiger partial charge in [0.15, 0.2) is 0 Å². The molecular weight excluding hydrogens is 308 g/mol. The summed E-state index contributed by atoms with van der Waals surface area (Å²) in [6, 6.07) is 0. The number of hydrogen-bond acceptors (Lipinski definition) is 6. The van der Waals surface area contributed by atoms with E-state index in [9.17, 15) is 14.4 Å². The molecular formula is C14H23N2O5S. The normalized spacial score (nSPS) is 9.77. The molecule has 0 aromatic carbocycles. The molecule has 0 spiro atoms. The lowest BCUT2D eigenvalue weighted by atomic mass is 10.4. The van der Waals surface area contributed by atoms with Crippen LogP contribution in [0.3, 0.4) is 0 Å². The Labute approximate surface area is 135 Å². The Morgan fingerprint density at radius 2 is 1.91 bits per heavy atom. The zero-order chi connectivity index (χ0) is 17.0. The number of carbonyl (C=O) groups excluding carboxylic acids is 3. The van der Waals surface area contributed by atoms with Crippen LogP contribution >= 0.6 is 11.8 Å². The number of nitrogens with zero attached hydrogens (tertiary/aromatic N) is 1. The first-order valence-electron chi connectivity index (χ1n) is 6.70. The number of nitrogens with one attached hydrogen (secondary N) is 1. The molecule has 1 N–H and O–H groups in total. The molecule has 2 amide bonds. The molecule has 22 heavy (non-hydrogen) atoms. The molecule has 7 nitrogen and oxygen atoms in total. The summed E-state index contributed by atoms with van der Waals surface area (Å²) < 4.78 is 9.71. The van der Waals surface area contributed by atoms with Crippen LogP contribution in [0, 0.1) is 6.42 Å². The monoisotopic (exact) mass is 331 g/mol. The highest BCUT2D eigenvalue weighted by Gasteiger charge is 2.06. The number of esters is 1. The minimum absolute atomic E-state index is 0.0459. The fourth-order valence-corrected chi connectivity index (χ4v) is 1.69. The Morgan fingerprint density at radius 3 is 2.50 bits per heavy atom. The first kappa shape index (κ1) is 20.3. The van der Waals surface area contributed by atoms with Gasteiger partial charge in [-0.2, -0.15) is 11.8 Å². The Kier molecular flexibility index (Phi) is 11.0. The van der Waals surface area contributed by atoms with Gasteiger partial charge in [0.25, 0.3) is 0 Å². The van der Waals surface area contributed by atoms with Crippen LogP contribution in [0.4, 0.5) is 4.79 Å². The minimum atomic E-state index is -0.569. The van der Waals surface area contributed by atoms with Gasteiger partial charge in [-0.25, -0.2) is 9.59 Å². The van der Waals surface area contributed by atoms with Gasteiger partial charge >= 0.3 is 12.1 Å². The molecule has 0 unspecified atom stereocenters. The summed E-state index contributed by atoms with van der Waals surface area (Å²) in [7, 11) is 3.37. The average Bonchev–Trinajstić information content (AvgIpc) is 2.46. The van der Waals surface area contributed by atoms with Crippen LogP contribution in [-0.2, 0) is 19.1 Å². The van der Waals surface area contributed by atoms with Gasteiger partial charge in [-0.1, -0.05) is 6.58 Å². The van der Waals surface area contributed by atoms with Crippen molar-refractivity contribution in [2.75, 3.05) is 45.4 Å². The van der Waals surface area contributed by atoms with E-state index in [4.69, 9.17) is 9.47 Å². The molecule has 0 rings (SSSR count). The predicted octanol–water partition coefficient (Wildman–Crippen LogP) is 0.858. The Balaban J connectivity index is 3.45. The van der Waals surface area contributed by atoms with Crippen molar-refractivity contribution in [3.05, 3.63) is 18.6 Å². The van der Waals surface area contributed by atoms with Crippen LogP contribution in [0.25, 0.3) is 0 Å². The van der Waals surface area contributed by atoms with Gasteiger partial charge in [0.2, 0.25) is 5.91 Å². The molecule has 0 bridgehead atoms. The lowest BCUT2D eigenvalue weighted by Gasteiger charge is -2.09. The van der Waals surface area contributed by atoms with Crippen molar-refractivity contribution in [3.63, 3.8) is 0 Å². The molecule has 0 aliphatic carbocycles. The van der Waals surface area contributed by atoms with E-state index in [1.165, 1.54) is 16.7 Å². The lowest BCUT2D eigenvalue weighted by molar-refractivity contribution is -0.138. The summed E-state index contributed by atoms with van der Waals surface area (Å²) in [4.78, 5) is 35.1. The van der Waals surface area contributed by atoms with Crippen LogP contribution in [0.2, 0.25) is 0 Å². The van der Waals surface area contributed by atoms with Gasteiger partial charge in [-0.15, -0.1) is 0 Å². The molecule has 0 heterocycles. The minimum Gasteiger partial charge on any atom is -0.460 e. The third-order valence-electron chi connectivity index (χ3n) is 2.23. The third kappa shape index (κ3) is 11.0. The number of carbonyl (C=O) groups is 3. The molecule has 0 saturated heterocycles. The highest BCUT2D eigenvalue weighted by molar-refractivity contribution is 7.99. The number of ether oxygens (including phenoxy) is 2. The molecule has 0 saturated carbocycles. The summed E-state index contributed by atoms with van der Waals surface area (Å²) in [6.45, 7) is 5.47. The lowest BCUT2D eigenvalue weighted by Crippen LogP contribution is -2.29. The maximum Gasteiger partial charge on any atom is 0.407 e. The van der Waals surface area contributed by atoms with E-state index in [1.807, 2.05) is 0 Å². The SMILES string of the molecule is C=C(C)C(=O)OCCNC(=O)OCCSC[CH]C(=O)N(C)C. The Bertz CT molecular complexity index is 399. The van der Waals surface area contributed by atoms with Gasteiger partial charge in [-0.3, -0.25) is 4.79 Å². The molecule has 0 aromatic heterocycles. The van der Waals surface area contributed by atoms with Crippen LogP contribution in [-0.4, -0.2) is 68.2 Å². The number of rotatable bonds is 10.